The molecule has 3 rings (SSSR count). The van der Waals surface area contributed by atoms with Crippen LogP contribution >= 0.6 is 0 Å². The molecule has 0 fully saturated rings. The van der Waals surface area contributed by atoms with E-state index in [-0.39, 0.29) is 12.3 Å². The monoisotopic (exact) mass is 321 g/mol. The van der Waals surface area contributed by atoms with Crippen LogP contribution in [0.4, 0.5) is 11.5 Å². The number of carbonyl (C=O) groups is 1. The van der Waals surface area contributed by atoms with E-state index in [1.807, 2.05) is 67.7 Å². The zero-order valence-corrected chi connectivity index (χ0v) is 13.7. The molecule has 3 aromatic rings. The Balaban J connectivity index is 1.62. The van der Waals surface area contributed by atoms with Crippen LogP contribution in [0.2, 0.25) is 0 Å². The molecule has 1 N–H and O–H groups in total. The molecule has 2 heterocycles. The first-order valence-electron chi connectivity index (χ1n) is 7.64. The molecule has 0 aliphatic heterocycles. The second-order valence-corrected chi connectivity index (χ2v) is 5.65. The van der Waals surface area contributed by atoms with E-state index in [9.17, 15) is 4.79 Å². The Hall–Kier alpha value is -3.15. The van der Waals surface area contributed by atoms with Crippen molar-refractivity contribution in [3.05, 3.63) is 66.6 Å². The zero-order chi connectivity index (χ0) is 16.9. The molecule has 0 radical (unpaired) electrons. The molecule has 0 aliphatic carbocycles. The molecule has 2 aromatic heterocycles. The maximum Gasteiger partial charge on any atom is 0.228 e. The van der Waals surface area contributed by atoms with Gasteiger partial charge in [0.2, 0.25) is 5.91 Å². The summed E-state index contributed by atoms with van der Waals surface area (Å²) in [6, 6.07) is 13.5. The molecular formula is C18H19N5O. The van der Waals surface area contributed by atoms with E-state index in [0.717, 1.165) is 17.1 Å². The number of nitrogens with one attached hydrogen (secondary N) is 1. The molecule has 0 atom stereocenters. The van der Waals surface area contributed by atoms with E-state index in [4.69, 9.17) is 0 Å². The van der Waals surface area contributed by atoms with Gasteiger partial charge in [0.1, 0.15) is 5.82 Å². The van der Waals surface area contributed by atoms with E-state index in [1.165, 1.54) is 0 Å². The Morgan fingerprint density at radius 3 is 2.58 bits per heavy atom. The van der Waals surface area contributed by atoms with Crippen molar-refractivity contribution in [2.45, 2.75) is 6.42 Å². The van der Waals surface area contributed by atoms with E-state index in [0.29, 0.717) is 5.69 Å². The number of rotatable bonds is 5. The lowest BCUT2D eigenvalue weighted by Gasteiger charge is -2.11. The van der Waals surface area contributed by atoms with Gasteiger partial charge in [0, 0.05) is 20.3 Å². The number of anilines is 2. The number of aromatic nitrogens is 3. The van der Waals surface area contributed by atoms with Crippen LogP contribution in [-0.4, -0.2) is 34.8 Å². The predicted octanol–water partition coefficient (Wildman–Crippen LogP) is 2.51. The summed E-state index contributed by atoms with van der Waals surface area (Å²) < 4.78 is 1.76. The van der Waals surface area contributed by atoms with E-state index >= 15 is 0 Å². The Labute approximate surface area is 140 Å². The largest absolute Gasteiger partial charge is 0.363 e. The topological polar surface area (TPSA) is 63.1 Å². The molecule has 0 bridgehead atoms. The highest BCUT2D eigenvalue weighted by Crippen LogP contribution is 2.13. The van der Waals surface area contributed by atoms with Gasteiger partial charge in [-0.15, -0.1) is 0 Å². The lowest BCUT2D eigenvalue weighted by Crippen LogP contribution is -2.15. The highest BCUT2D eigenvalue weighted by Gasteiger charge is 2.08. The third kappa shape index (κ3) is 3.78. The summed E-state index contributed by atoms with van der Waals surface area (Å²) in [5, 5.41) is 7.14. The van der Waals surface area contributed by atoms with Gasteiger partial charge in [-0.2, -0.15) is 5.10 Å². The number of pyridine rings is 1. The molecule has 0 aliphatic rings. The third-order valence-electron chi connectivity index (χ3n) is 3.51. The number of nitrogens with zero attached hydrogens (tertiary/aromatic N) is 4. The van der Waals surface area contributed by atoms with E-state index in [2.05, 4.69) is 15.4 Å². The van der Waals surface area contributed by atoms with Crippen molar-refractivity contribution in [2.75, 3.05) is 24.3 Å². The molecule has 0 unspecified atom stereocenters. The molecule has 1 aromatic carbocycles. The molecular weight excluding hydrogens is 302 g/mol. The summed E-state index contributed by atoms with van der Waals surface area (Å²) >= 11 is 0. The average molecular weight is 321 g/mol. The summed E-state index contributed by atoms with van der Waals surface area (Å²) in [6.07, 6.45) is 5.49. The van der Waals surface area contributed by atoms with Gasteiger partial charge in [-0.1, -0.05) is 18.2 Å². The van der Waals surface area contributed by atoms with Crippen LogP contribution in [0.15, 0.2) is 61.1 Å². The molecule has 6 nitrogen and oxygen atoms in total. The van der Waals surface area contributed by atoms with Crippen molar-refractivity contribution in [3.63, 3.8) is 0 Å². The van der Waals surface area contributed by atoms with Crippen LogP contribution in [0.5, 0.6) is 0 Å². The number of carbonyl (C=O) groups excluding carboxylic acids is 1. The molecule has 0 spiro atoms. The Morgan fingerprint density at radius 1 is 1.12 bits per heavy atom. The number of para-hydroxylation sites is 1. The molecule has 24 heavy (non-hydrogen) atoms. The number of amides is 1. The highest BCUT2D eigenvalue weighted by molar-refractivity contribution is 5.92. The lowest BCUT2D eigenvalue weighted by molar-refractivity contribution is -0.115. The predicted molar refractivity (Wildman–Crippen MR) is 94.5 cm³/mol. The number of benzene rings is 1. The minimum Gasteiger partial charge on any atom is -0.363 e. The van der Waals surface area contributed by atoms with E-state index < -0.39 is 0 Å². The minimum atomic E-state index is -0.0954. The van der Waals surface area contributed by atoms with Gasteiger partial charge in [-0.05, 0) is 29.8 Å². The SMILES string of the molecule is CN(C)c1ccc(NC(=O)Cc2cnn(-c3ccccc3)c2)cn1. The maximum absolute atomic E-state index is 12.2. The standard InChI is InChI=1S/C18H19N5O/c1-22(2)17-9-8-15(12-19-17)21-18(24)10-14-11-20-23(13-14)16-6-4-3-5-7-16/h3-9,11-13H,10H2,1-2H3,(H,21,24). The molecule has 6 heteroatoms. The van der Waals surface area contributed by atoms with Gasteiger partial charge in [0.15, 0.2) is 0 Å². The third-order valence-corrected chi connectivity index (χ3v) is 3.51. The van der Waals surface area contributed by atoms with Crippen LogP contribution in [0.25, 0.3) is 5.69 Å². The first-order chi connectivity index (χ1) is 11.6. The second-order valence-electron chi connectivity index (χ2n) is 5.65. The average Bonchev–Trinajstić information content (AvgIpc) is 3.04. The number of hydrogen-bond donors (Lipinski definition) is 1. The van der Waals surface area contributed by atoms with Gasteiger partial charge >= 0.3 is 0 Å². The lowest BCUT2D eigenvalue weighted by atomic mass is 10.2. The van der Waals surface area contributed by atoms with E-state index in [1.54, 1.807) is 17.1 Å². The van der Waals surface area contributed by atoms with Crippen LogP contribution in [0, 0.1) is 0 Å². The summed E-state index contributed by atoms with van der Waals surface area (Å²) in [5.41, 5.74) is 2.50. The summed E-state index contributed by atoms with van der Waals surface area (Å²) in [4.78, 5) is 18.3. The fourth-order valence-corrected chi connectivity index (χ4v) is 2.29. The Bertz CT molecular complexity index is 809. The van der Waals surface area contributed by atoms with Gasteiger partial charge in [-0.25, -0.2) is 9.67 Å². The van der Waals surface area contributed by atoms with Crippen molar-refractivity contribution < 1.29 is 4.79 Å². The van der Waals surface area contributed by atoms with Gasteiger partial charge < -0.3 is 10.2 Å². The molecule has 0 saturated heterocycles. The quantitative estimate of drug-likeness (QED) is 0.784. The van der Waals surface area contributed by atoms with Crippen molar-refractivity contribution >= 4 is 17.4 Å². The normalized spacial score (nSPS) is 10.4. The van der Waals surface area contributed by atoms with Crippen LogP contribution < -0.4 is 10.2 Å². The smallest absolute Gasteiger partial charge is 0.228 e. The fourth-order valence-electron chi connectivity index (χ4n) is 2.29. The summed E-state index contributed by atoms with van der Waals surface area (Å²) in [5.74, 6) is 0.749. The van der Waals surface area contributed by atoms with Crippen LogP contribution in [0.3, 0.4) is 0 Å². The molecule has 122 valence electrons. The summed E-state index contributed by atoms with van der Waals surface area (Å²) in [7, 11) is 3.84. The number of hydrogen-bond acceptors (Lipinski definition) is 4. The minimum absolute atomic E-state index is 0.0954. The van der Waals surface area contributed by atoms with Crippen molar-refractivity contribution in [1.29, 1.82) is 0 Å². The van der Waals surface area contributed by atoms with Crippen LogP contribution in [0.1, 0.15) is 5.56 Å². The Morgan fingerprint density at radius 2 is 1.92 bits per heavy atom. The second kappa shape index (κ2) is 6.95. The zero-order valence-electron chi connectivity index (χ0n) is 13.7. The Kier molecular flexibility index (Phi) is 4.56. The maximum atomic E-state index is 12.2. The van der Waals surface area contributed by atoms with Gasteiger partial charge in [0.25, 0.3) is 0 Å². The highest BCUT2D eigenvalue weighted by atomic mass is 16.1. The van der Waals surface area contributed by atoms with Crippen molar-refractivity contribution in [3.8, 4) is 5.69 Å². The van der Waals surface area contributed by atoms with Gasteiger partial charge in [0.05, 0.1) is 30.2 Å². The van der Waals surface area contributed by atoms with Crippen molar-refractivity contribution in [2.24, 2.45) is 0 Å². The molecule has 1 amide bonds. The van der Waals surface area contributed by atoms with Crippen molar-refractivity contribution in [1.82, 2.24) is 14.8 Å². The van der Waals surface area contributed by atoms with Gasteiger partial charge in [-0.3, -0.25) is 4.79 Å². The molecule has 0 saturated carbocycles. The fraction of sp³-hybridized carbons (Fsp3) is 0.167. The van der Waals surface area contributed by atoms with Crippen LogP contribution in [-0.2, 0) is 11.2 Å². The first-order valence-corrected chi connectivity index (χ1v) is 7.64. The summed E-state index contributed by atoms with van der Waals surface area (Å²) in [6.45, 7) is 0. The first kappa shape index (κ1) is 15.7.